The number of nitrogens with one attached hydrogen (secondary N) is 2. The van der Waals surface area contributed by atoms with Crippen LogP contribution in [0, 0.1) is 0 Å². The number of hydrogen-bond donors (Lipinski definition) is 3. The predicted molar refractivity (Wildman–Crippen MR) is 129 cm³/mol. The van der Waals surface area contributed by atoms with Gasteiger partial charge in [-0.3, -0.25) is 9.59 Å². The Balaban J connectivity index is 1.99. The lowest BCUT2D eigenvalue weighted by molar-refractivity contribution is -0.124. The van der Waals surface area contributed by atoms with Crippen molar-refractivity contribution in [2.75, 3.05) is 19.8 Å². The van der Waals surface area contributed by atoms with Gasteiger partial charge in [0.1, 0.15) is 31.3 Å². The van der Waals surface area contributed by atoms with Crippen molar-refractivity contribution >= 4 is 46.0 Å². The number of rotatable bonds is 10. The van der Waals surface area contributed by atoms with E-state index in [0.717, 1.165) is 6.07 Å². The lowest BCUT2D eigenvalue weighted by Crippen LogP contribution is -2.34. The van der Waals surface area contributed by atoms with E-state index in [9.17, 15) is 31.5 Å². The number of aliphatic hydroxyl groups is 1. The lowest BCUT2D eigenvalue weighted by atomic mass is 10.1. The Morgan fingerprint density at radius 2 is 1.89 bits per heavy atom. The monoisotopic (exact) mass is 582 g/mol. The molecule has 0 atom stereocenters. The van der Waals surface area contributed by atoms with Gasteiger partial charge in [-0.1, -0.05) is 29.3 Å². The fourth-order valence-electron chi connectivity index (χ4n) is 3.50. The van der Waals surface area contributed by atoms with E-state index in [0.29, 0.717) is 22.5 Å². The van der Waals surface area contributed by atoms with Gasteiger partial charge < -0.3 is 25.0 Å². The van der Waals surface area contributed by atoms with Gasteiger partial charge >= 0.3 is 6.18 Å². The molecule has 2 aromatic carbocycles. The molecule has 8 nitrogen and oxygen atoms in total. The number of fused-ring (bicyclic) bond motifs is 1. The molecule has 3 rings (SSSR count). The number of halogens is 7. The quantitative estimate of drug-likeness (QED) is 0.313. The summed E-state index contributed by atoms with van der Waals surface area (Å²) in [5.41, 5.74) is 1.08. The molecule has 3 aromatic rings. The number of benzene rings is 2. The third-order valence-electron chi connectivity index (χ3n) is 5.35. The maximum atomic E-state index is 12.8. The Bertz CT molecular complexity index is 1350. The third kappa shape index (κ3) is 7.23. The van der Waals surface area contributed by atoms with E-state index in [-0.39, 0.29) is 34.3 Å². The van der Waals surface area contributed by atoms with Crippen LogP contribution in [-0.2, 0) is 24.8 Å². The van der Waals surface area contributed by atoms with E-state index < -0.39 is 49.7 Å². The van der Waals surface area contributed by atoms with Crippen molar-refractivity contribution in [1.29, 1.82) is 0 Å². The van der Waals surface area contributed by atoms with E-state index in [2.05, 4.69) is 10.3 Å². The second kappa shape index (κ2) is 12.1. The van der Waals surface area contributed by atoms with E-state index in [4.69, 9.17) is 33.0 Å². The summed E-state index contributed by atoms with van der Waals surface area (Å²) < 4.78 is 69.9. The number of aliphatic hydroxyl groups excluding tert-OH is 1. The fraction of sp³-hybridized carbons (Fsp3) is 0.348. The molecule has 38 heavy (non-hydrogen) atoms. The molecule has 0 unspecified atom stereocenters. The van der Waals surface area contributed by atoms with Gasteiger partial charge in [0.15, 0.2) is 0 Å². The molecule has 0 saturated heterocycles. The van der Waals surface area contributed by atoms with Crippen LogP contribution in [0.15, 0.2) is 24.3 Å². The molecule has 0 saturated carbocycles. The van der Waals surface area contributed by atoms with Crippen molar-refractivity contribution in [1.82, 2.24) is 20.2 Å². The normalized spacial score (nSPS) is 11.7. The first kappa shape index (κ1) is 29.4. The molecule has 0 fully saturated rings. The topological polar surface area (TPSA) is 105 Å². The zero-order chi connectivity index (χ0) is 28.2. The highest BCUT2D eigenvalue weighted by Crippen LogP contribution is 2.32. The minimum atomic E-state index is -4.68. The number of alkyl halides is 5. The highest BCUT2D eigenvalue weighted by molar-refractivity contribution is 6.36. The van der Waals surface area contributed by atoms with Crippen molar-refractivity contribution in [2.24, 2.45) is 7.05 Å². The molecule has 0 aliphatic carbocycles. The predicted octanol–water partition coefficient (Wildman–Crippen LogP) is 4.02. The SMILES string of the molecule is Cn1c(Cc2c(Cl)ccc(CNC(=O)CO)c2Cl)nc2cc(C(=O)NCC(F)(F)F)c(OCC(F)F)cc21. The maximum absolute atomic E-state index is 12.8. The molecule has 206 valence electrons. The summed E-state index contributed by atoms with van der Waals surface area (Å²) in [6, 6.07) is 5.54. The number of ether oxygens (including phenoxy) is 1. The molecule has 0 spiro atoms. The average molecular weight is 583 g/mol. The molecule has 0 radical (unpaired) electrons. The number of carbonyl (C=O) groups is 2. The molecular weight excluding hydrogens is 562 g/mol. The Morgan fingerprint density at radius 1 is 1.18 bits per heavy atom. The number of hydrogen-bond acceptors (Lipinski definition) is 5. The van der Waals surface area contributed by atoms with Crippen molar-refractivity contribution in [3.05, 3.63) is 56.8 Å². The van der Waals surface area contributed by atoms with Gasteiger partial charge in [0.25, 0.3) is 12.3 Å². The van der Waals surface area contributed by atoms with Gasteiger partial charge in [-0.15, -0.1) is 0 Å². The smallest absolute Gasteiger partial charge is 0.405 e. The van der Waals surface area contributed by atoms with Gasteiger partial charge in [-0.25, -0.2) is 13.8 Å². The van der Waals surface area contributed by atoms with Gasteiger partial charge in [0.2, 0.25) is 5.91 Å². The van der Waals surface area contributed by atoms with Crippen LogP contribution in [0.25, 0.3) is 11.0 Å². The summed E-state index contributed by atoms with van der Waals surface area (Å²) in [7, 11) is 1.60. The molecule has 3 N–H and O–H groups in total. The summed E-state index contributed by atoms with van der Waals surface area (Å²) in [5, 5.41) is 13.6. The Morgan fingerprint density at radius 3 is 2.53 bits per heavy atom. The first-order valence-corrected chi connectivity index (χ1v) is 11.6. The van der Waals surface area contributed by atoms with Crippen LogP contribution in [0.4, 0.5) is 22.0 Å². The standard InChI is InChI=1S/C23H21Cl2F5N4O4/c1-34-16-6-17(38-9-18(26)27)13(22(37)32-10-23(28,29)30)4-15(16)33-19(34)5-12-14(24)3-2-11(21(12)25)7-31-20(36)8-35/h2-4,6,18,35H,5,7-10H2,1H3,(H,31,36)(H,32,37). The zero-order valence-corrected chi connectivity index (χ0v) is 21.1. The number of imidazole rings is 1. The van der Waals surface area contributed by atoms with E-state index in [1.807, 2.05) is 0 Å². The van der Waals surface area contributed by atoms with Gasteiger partial charge in [0.05, 0.1) is 21.6 Å². The summed E-state index contributed by atoms with van der Waals surface area (Å²) >= 11 is 12.8. The zero-order valence-electron chi connectivity index (χ0n) is 19.6. The van der Waals surface area contributed by atoms with Crippen LogP contribution < -0.4 is 15.4 Å². The lowest BCUT2D eigenvalue weighted by Gasteiger charge is -2.13. The molecule has 15 heteroatoms. The second-order valence-electron chi connectivity index (χ2n) is 8.03. The summed E-state index contributed by atoms with van der Waals surface area (Å²) in [4.78, 5) is 28.3. The number of nitrogens with zero attached hydrogens (tertiary/aromatic N) is 2. The van der Waals surface area contributed by atoms with E-state index in [1.165, 1.54) is 6.07 Å². The molecule has 0 aliphatic heterocycles. The molecule has 0 bridgehead atoms. The Hall–Kier alpha value is -3.16. The van der Waals surface area contributed by atoms with Crippen LogP contribution in [0.1, 0.15) is 27.3 Å². The van der Waals surface area contributed by atoms with E-state index >= 15 is 0 Å². The Labute approximate surface area is 222 Å². The largest absolute Gasteiger partial charge is 0.487 e. The van der Waals surface area contributed by atoms with Crippen LogP contribution in [0.5, 0.6) is 5.75 Å². The van der Waals surface area contributed by atoms with Crippen molar-refractivity contribution < 1.29 is 41.4 Å². The number of amides is 2. The molecule has 0 aliphatic rings. The van der Waals surface area contributed by atoms with Crippen LogP contribution >= 0.6 is 23.2 Å². The Kier molecular flexibility index (Phi) is 9.39. The molecule has 1 aromatic heterocycles. The van der Waals surface area contributed by atoms with Crippen LogP contribution in [0.2, 0.25) is 10.0 Å². The fourth-order valence-corrected chi connectivity index (χ4v) is 4.08. The summed E-state index contributed by atoms with van der Waals surface area (Å²) in [5.74, 6) is -1.75. The first-order valence-electron chi connectivity index (χ1n) is 10.9. The van der Waals surface area contributed by atoms with Crippen molar-refractivity contribution in [3.8, 4) is 5.75 Å². The van der Waals surface area contributed by atoms with Gasteiger partial charge in [0, 0.05) is 31.1 Å². The first-order chi connectivity index (χ1) is 17.8. The minimum absolute atomic E-state index is 0.0200. The van der Waals surface area contributed by atoms with Crippen LogP contribution in [0.3, 0.4) is 0 Å². The molecule has 2 amide bonds. The van der Waals surface area contributed by atoms with Gasteiger partial charge in [-0.05, 0) is 23.3 Å². The minimum Gasteiger partial charge on any atom is -0.487 e. The highest BCUT2D eigenvalue weighted by Gasteiger charge is 2.29. The van der Waals surface area contributed by atoms with E-state index in [1.54, 1.807) is 29.1 Å². The second-order valence-corrected chi connectivity index (χ2v) is 8.82. The summed E-state index contributed by atoms with van der Waals surface area (Å²) in [6.45, 7) is -3.39. The number of aryl methyl sites for hydroxylation is 1. The summed E-state index contributed by atoms with van der Waals surface area (Å²) in [6.07, 6.45) is -7.51. The average Bonchev–Trinajstić information content (AvgIpc) is 3.16. The number of aromatic nitrogens is 2. The highest BCUT2D eigenvalue weighted by atomic mass is 35.5. The molecular formula is C23H21Cl2F5N4O4. The number of carbonyl (C=O) groups excluding carboxylic acids is 2. The van der Waals surface area contributed by atoms with Crippen LogP contribution in [-0.4, -0.2) is 58.8 Å². The maximum Gasteiger partial charge on any atom is 0.405 e. The van der Waals surface area contributed by atoms with Crippen molar-refractivity contribution in [2.45, 2.75) is 25.6 Å². The van der Waals surface area contributed by atoms with Crippen molar-refractivity contribution in [3.63, 3.8) is 0 Å². The third-order valence-corrected chi connectivity index (χ3v) is 6.18. The molecule has 1 heterocycles. The van der Waals surface area contributed by atoms with Gasteiger partial charge in [-0.2, -0.15) is 13.2 Å².